The number of hydrogen-bond acceptors (Lipinski definition) is 3. The number of anilines is 1. The van der Waals surface area contributed by atoms with E-state index in [4.69, 9.17) is 0 Å². The van der Waals surface area contributed by atoms with Crippen LogP contribution in [0.25, 0.3) is 10.9 Å². The second kappa shape index (κ2) is 4.70. The van der Waals surface area contributed by atoms with Gasteiger partial charge in [-0.3, -0.25) is 9.78 Å². The summed E-state index contributed by atoms with van der Waals surface area (Å²) in [6.45, 7) is 0. The van der Waals surface area contributed by atoms with Crippen molar-refractivity contribution in [3.8, 4) is 0 Å². The van der Waals surface area contributed by atoms with E-state index in [1.807, 2.05) is 48.5 Å². The first kappa shape index (κ1) is 12.1. The maximum Gasteiger partial charge on any atom is 0.186 e. The van der Waals surface area contributed by atoms with Gasteiger partial charge in [0.25, 0.3) is 0 Å². The fourth-order valence-electron chi connectivity index (χ4n) is 2.96. The minimum absolute atomic E-state index is 0.129. The zero-order valence-electron chi connectivity index (χ0n) is 11.4. The molecule has 0 radical (unpaired) electrons. The zero-order chi connectivity index (χ0) is 14.2. The third-order valence-electron chi connectivity index (χ3n) is 4.00. The molecular weight excluding hydrogens is 260 g/mol. The molecule has 3 heteroatoms. The highest BCUT2D eigenvalue weighted by Crippen LogP contribution is 2.28. The molecule has 0 bridgehead atoms. The van der Waals surface area contributed by atoms with Crippen LogP contribution in [0.2, 0.25) is 0 Å². The predicted octanol–water partition coefficient (Wildman–Crippen LogP) is 3.45. The molecule has 1 aromatic heterocycles. The maximum atomic E-state index is 12.8. The Morgan fingerprint density at radius 3 is 2.86 bits per heavy atom. The average Bonchev–Trinajstić information content (AvgIpc) is 2.97. The lowest BCUT2D eigenvalue weighted by Crippen LogP contribution is -2.27. The van der Waals surface area contributed by atoms with Crippen molar-refractivity contribution < 1.29 is 4.79 Å². The number of nitrogens with one attached hydrogen (secondary N) is 1. The number of benzene rings is 2. The van der Waals surface area contributed by atoms with Crippen molar-refractivity contribution in [3.05, 3.63) is 71.9 Å². The first-order valence-electron chi connectivity index (χ1n) is 7.05. The molecule has 2 heterocycles. The summed E-state index contributed by atoms with van der Waals surface area (Å²) < 4.78 is 0. The first-order valence-corrected chi connectivity index (χ1v) is 7.05. The van der Waals surface area contributed by atoms with Crippen molar-refractivity contribution in [2.24, 2.45) is 0 Å². The molecule has 102 valence electrons. The van der Waals surface area contributed by atoms with Crippen molar-refractivity contribution in [2.45, 2.75) is 12.5 Å². The molecule has 21 heavy (non-hydrogen) atoms. The van der Waals surface area contributed by atoms with Crippen molar-refractivity contribution in [2.75, 3.05) is 5.32 Å². The number of rotatable bonds is 2. The van der Waals surface area contributed by atoms with E-state index < -0.39 is 0 Å². The number of fused-ring (bicyclic) bond motifs is 2. The Balaban J connectivity index is 1.72. The van der Waals surface area contributed by atoms with Crippen molar-refractivity contribution in [1.82, 2.24) is 4.98 Å². The third kappa shape index (κ3) is 1.98. The maximum absolute atomic E-state index is 12.8. The molecule has 1 unspecified atom stereocenters. The lowest BCUT2D eigenvalue weighted by molar-refractivity contribution is 0.0973. The Kier molecular flexibility index (Phi) is 2.71. The van der Waals surface area contributed by atoms with Gasteiger partial charge in [-0.1, -0.05) is 36.4 Å². The number of nitrogens with zero attached hydrogens (tertiary/aromatic N) is 1. The quantitative estimate of drug-likeness (QED) is 0.728. The Labute approximate surface area is 122 Å². The van der Waals surface area contributed by atoms with Gasteiger partial charge in [-0.05, 0) is 23.8 Å². The lowest BCUT2D eigenvalue weighted by Gasteiger charge is -2.12. The highest BCUT2D eigenvalue weighted by molar-refractivity contribution is 6.11. The van der Waals surface area contributed by atoms with E-state index in [-0.39, 0.29) is 11.8 Å². The Hall–Kier alpha value is -2.68. The summed E-state index contributed by atoms with van der Waals surface area (Å²) in [5.41, 5.74) is 3.87. The van der Waals surface area contributed by atoms with Gasteiger partial charge in [0.2, 0.25) is 0 Å². The molecule has 3 nitrogen and oxygen atoms in total. The molecule has 1 N–H and O–H groups in total. The molecule has 3 aromatic rings. The van der Waals surface area contributed by atoms with Crippen LogP contribution in [0.5, 0.6) is 0 Å². The van der Waals surface area contributed by atoms with Gasteiger partial charge in [0, 0.05) is 29.3 Å². The monoisotopic (exact) mass is 274 g/mol. The number of pyridine rings is 1. The molecule has 0 saturated carbocycles. The fourth-order valence-corrected chi connectivity index (χ4v) is 2.96. The number of para-hydroxylation sites is 1. The molecule has 1 aliphatic rings. The van der Waals surface area contributed by atoms with Gasteiger partial charge in [0.1, 0.15) is 0 Å². The minimum Gasteiger partial charge on any atom is -0.374 e. The molecule has 1 atom stereocenters. The summed E-state index contributed by atoms with van der Waals surface area (Å²) in [7, 11) is 0. The van der Waals surface area contributed by atoms with Crippen molar-refractivity contribution in [3.63, 3.8) is 0 Å². The number of hydrogen-bond donors (Lipinski definition) is 1. The summed E-state index contributed by atoms with van der Waals surface area (Å²) in [4.78, 5) is 17.2. The van der Waals surface area contributed by atoms with Gasteiger partial charge >= 0.3 is 0 Å². The van der Waals surface area contributed by atoms with E-state index in [9.17, 15) is 4.79 Å². The van der Waals surface area contributed by atoms with E-state index in [0.717, 1.165) is 28.6 Å². The third-order valence-corrected chi connectivity index (χ3v) is 4.00. The molecule has 0 aliphatic carbocycles. The summed E-state index contributed by atoms with van der Waals surface area (Å²) in [5.74, 6) is 0.129. The van der Waals surface area contributed by atoms with Crippen molar-refractivity contribution >= 4 is 22.4 Å². The van der Waals surface area contributed by atoms with Gasteiger partial charge in [0.05, 0.1) is 11.6 Å². The number of aromatic nitrogens is 1. The largest absolute Gasteiger partial charge is 0.374 e. The van der Waals surface area contributed by atoms with Crippen LogP contribution >= 0.6 is 0 Å². The van der Waals surface area contributed by atoms with E-state index in [0.29, 0.717) is 0 Å². The van der Waals surface area contributed by atoms with E-state index in [1.165, 1.54) is 5.56 Å². The van der Waals surface area contributed by atoms with E-state index in [2.05, 4.69) is 16.4 Å². The Morgan fingerprint density at radius 2 is 1.95 bits per heavy atom. The normalized spacial score (nSPS) is 16.5. The Bertz CT molecular complexity index is 811. The first-order chi connectivity index (χ1) is 10.3. The van der Waals surface area contributed by atoms with Gasteiger partial charge in [-0.2, -0.15) is 0 Å². The smallest absolute Gasteiger partial charge is 0.186 e. The topological polar surface area (TPSA) is 42.0 Å². The fraction of sp³-hybridized carbons (Fsp3) is 0.111. The van der Waals surface area contributed by atoms with Gasteiger partial charge in [-0.25, -0.2) is 0 Å². The van der Waals surface area contributed by atoms with Crippen LogP contribution in [-0.4, -0.2) is 16.8 Å². The summed E-state index contributed by atoms with van der Waals surface area (Å²) in [6.07, 6.45) is 2.49. The molecule has 0 saturated heterocycles. The highest BCUT2D eigenvalue weighted by Gasteiger charge is 2.27. The van der Waals surface area contributed by atoms with E-state index >= 15 is 0 Å². The number of carbonyl (C=O) groups is 1. The molecule has 1 aliphatic heterocycles. The lowest BCUT2D eigenvalue weighted by atomic mass is 9.98. The molecule has 0 amide bonds. The van der Waals surface area contributed by atoms with Gasteiger partial charge < -0.3 is 5.32 Å². The van der Waals surface area contributed by atoms with Gasteiger partial charge in [0.15, 0.2) is 5.78 Å². The summed E-state index contributed by atoms with van der Waals surface area (Å²) in [5, 5.41) is 4.25. The molecular formula is C18H14N2O. The summed E-state index contributed by atoms with van der Waals surface area (Å²) >= 11 is 0. The zero-order valence-corrected chi connectivity index (χ0v) is 11.4. The van der Waals surface area contributed by atoms with Crippen LogP contribution in [-0.2, 0) is 6.42 Å². The predicted molar refractivity (Wildman–Crippen MR) is 83.6 cm³/mol. The average molecular weight is 274 g/mol. The van der Waals surface area contributed by atoms with Crippen LogP contribution in [0, 0.1) is 0 Å². The van der Waals surface area contributed by atoms with Crippen LogP contribution in [0.4, 0.5) is 5.69 Å². The second-order valence-corrected chi connectivity index (χ2v) is 5.30. The van der Waals surface area contributed by atoms with Gasteiger partial charge in [-0.15, -0.1) is 0 Å². The van der Waals surface area contributed by atoms with Crippen LogP contribution in [0.3, 0.4) is 0 Å². The standard InChI is InChI=1S/C18H14N2O/c21-18(17-11-12-5-1-2-8-15(12)20-17)14-6-3-9-16-13(14)7-4-10-19-16/h1-10,17,20H,11H2. The molecule has 0 spiro atoms. The molecule has 2 aromatic carbocycles. The van der Waals surface area contributed by atoms with Crippen LogP contribution in [0.15, 0.2) is 60.8 Å². The highest BCUT2D eigenvalue weighted by atomic mass is 16.1. The van der Waals surface area contributed by atoms with Crippen LogP contribution < -0.4 is 5.32 Å². The summed E-state index contributed by atoms with van der Waals surface area (Å²) in [6, 6.07) is 17.4. The number of Topliss-reactive ketones (excluding diaryl/α,β-unsaturated/α-hetero) is 1. The Morgan fingerprint density at radius 1 is 1.05 bits per heavy atom. The second-order valence-electron chi connectivity index (χ2n) is 5.30. The van der Waals surface area contributed by atoms with Crippen LogP contribution in [0.1, 0.15) is 15.9 Å². The number of ketones is 1. The molecule has 4 rings (SSSR count). The molecule has 0 fully saturated rings. The number of carbonyl (C=O) groups excluding carboxylic acids is 1. The van der Waals surface area contributed by atoms with E-state index in [1.54, 1.807) is 6.20 Å². The minimum atomic E-state index is -0.187. The SMILES string of the molecule is O=C(c1cccc2ncccc12)C1Cc2ccccc2N1. The van der Waals surface area contributed by atoms with Crippen molar-refractivity contribution in [1.29, 1.82) is 0 Å².